The van der Waals surface area contributed by atoms with Crippen LogP contribution in [0.25, 0.3) is 0 Å². The van der Waals surface area contributed by atoms with Crippen molar-refractivity contribution in [1.29, 1.82) is 0 Å². The predicted octanol–water partition coefficient (Wildman–Crippen LogP) is 3.92. The third-order valence-corrected chi connectivity index (χ3v) is 3.51. The number of rotatable bonds is 4. The number of benzene rings is 1. The van der Waals surface area contributed by atoms with E-state index in [9.17, 15) is 0 Å². The van der Waals surface area contributed by atoms with E-state index in [-0.39, 0.29) is 6.10 Å². The van der Waals surface area contributed by atoms with Crippen LogP contribution in [-0.2, 0) is 4.74 Å². The molecule has 0 aromatic heterocycles. The van der Waals surface area contributed by atoms with Crippen molar-refractivity contribution in [2.24, 2.45) is 0 Å². The molecule has 1 aromatic rings. The van der Waals surface area contributed by atoms with Gasteiger partial charge in [0.25, 0.3) is 0 Å². The summed E-state index contributed by atoms with van der Waals surface area (Å²) in [6.07, 6.45) is 3.43. The van der Waals surface area contributed by atoms with E-state index in [0.29, 0.717) is 25.0 Å². The topological polar surface area (TPSA) is 18.5 Å². The van der Waals surface area contributed by atoms with Gasteiger partial charge in [-0.25, -0.2) is 0 Å². The lowest BCUT2D eigenvalue weighted by Crippen LogP contribution is -2.18. The van der Waals surface area contributed by atoms with Crippen molar-refractivity contribution in [3.63, 3.8) is 0 Å². The number of hydrogen-bond donors (Lipinski definition) is 0. The SMILES string of the molecule is Cc1ccc(OCC2CCC(C)O2)c(C#CCCCl)c1. The van der Waals surface area contributed by atoms with Gasteiger partial charge in [0.2, 0.25) is 0 Å². The Morgan fingerprint density at radius 3 is 2.95 bits per heavy atom. The predicted molar refractivity (Wildman–Crippen MR) is 82.5 cm³/mol. The van der Waals surface area contributed by atoms with Crippen LogP contribution in [0.4, 0.5) is 0 Å². The fourth-order valence-corrected chi connectivity index (χ4v) is 2.36. The molecule has 0 bridgehead atoms. The first kappa shape index (κ1) is 15.2. The Hall–Kier alpha value is -1.17. The van der Waals surface area contributed by atoms with Crippen LogP contribution in [0.2, 0.25) is 0 Å². The lowest BCUT2D eigenvalue weighted by Gasteiger charge is -2.14. The lowest BCUT2D eigenvalue weighted by atomic mass is 10.1. The van der Waals surface area contributed by atoms with Gasteiger partial charge < -0.3 is 9.47 Å². The number of ether oxygens (including phenoxy) is 2. The van der Waals surface area contributed by atoms with E-state index in [1.807, 2.05) is 12.1 Å². The van der Waals surface area contributed by atoms with Gasteiger partial charge in [-0.1, -0.05) is 17.9 Å². The molecule has 1 saturated heterocycles. The summed E-state index contributed by atoms with van der Waals surface area (Å²) in [6.45, 7) is 4.75. The van der Waals surface area contributed by atoms with Gasteiger partial charge in [-0.15, -0.1) is 11.6 Å². The summed E-state index contributed by atoms with van der Waals surface area (Å²) in [7, 11) is 0. The second-order valence-corrected chi connectivity index (χ2v) is 5.58. The fourth-order valence-electron chi connectivity index (χ4n) is 2.26. The van der Waals surface area contributed by atoms with Crippen LogP contribution >= 0.6 is 11.6 Å². The smallest absolute Gasteiger partial charge is 0.135 e. The minimum Gasteiger partial charge on any atom is -0.490 e. The molecule has 1 aromatic carbocycles. The minimum atomic E-state index is 0.204. The molecule has 2 atom stereocenters. The van der Waals surface area contributed by atoms with Crippen molar-refractivity contribution in [1.82, 2.24) is 0 Å². The highest BCUT2D eigenvalue weighted by Gasteiger charge is 2.22. The van der Waals surface area contributed by atoms with Crippen molar-refractivity contribution >= 4 is 11.6 Å². The van der Waals surface area contributed by atoms with Crippen LogP contribution in [0.5, 0.6) is 5.75 Å². The number of alkyl halides is 1. The average Bonchev–Trinajstić information content (AvgIpc) is 2.84. The molecular weight excluding hydrogens is 272 g/mol. The molecule has 20 heavy (non-hydrogen) atoms. The van der Waals surface area contributed by atoms with Gasteiger partial charge in [-0.2, -0.15) is 0 Å². The summed E-state index contributed by atoms with van der Waals surface area (Å²) in [5.74, 6) is 7.59. The maximum Gasteiger partial charge on any atom is 0.135 e. The number of halogens is 1. The maximum absolute atomic E-state index is 5.89. The first-order valence-electron chi connectivity index (χ1n) is 7.13. The van der Waals surface area contributed by atoms with Crippen LogP contribution < -0.4 is 4.74 Å². The van der Waals surface area contributed by atoms with Crippen LogP contribution in [-0.4, -0.2) is 24.7 Å². The second-order valence-electron chi connectivity index (χ2n) is 5.20. The van der Waals surface area contributed by atoms with Crippen molar-refractivity contribution in [2.45, 2.75) is 45.3 Å². The molecule has 0 spiro atoms. The normalized spacial score (nSPS) is 21.4. The van der Waals surface area contributed by atoms with E-state index in [2.05, 4.69) is 31.8 Å². The van der Waals surface area contributed by atoms with E-state index < -0.39 is 0 Å². The van der Waals surface area contributed by atoms with Gasteiger partial charge in [-0.05, 0) is 44.4 Å². The van der Waals surface area contributed by atoms with Crippen molar-refractivity contribution in [3.05, 3.63) is 29.3 Å². The van der Waals surface area contributed by atoms with E-state index in [1.165, 1.54) is 5.56 Å². The van der Waals surface area contributed by atoms with Crippen LogP contribution in [0.3, 0.4) is 0 Å². The van der Waals surface area contributed by atoms with Gasteiger partial charge in [0, 0.05) is 12.3 Å². The first-order chi connectivity index (χ1) is 9.69. The Bertz CT molecular complexity index is 501. The maximum atomic E-state index is 5.89. The molecule has 2 unspecified atom stereocenters. The standard InChI is InChI=1S/C17H21ClO2/c1-13-6-9-17(15(11-13)5-3-4-10-18)19-12-16-8-7-14(2)20-16/h6,9,11,14,16H,4,7-8,10,12H2,1-2H3. The number of hydrogen-bond acceptors (Lipinski definition) is 2. The Labute approximate surface area is 126 Å². The Kier molecular flexibility index (Phi) is 5.76. The van der Waals surface area contributed by atoms with Gasteiger partial charge in [0.15, 0.2) is 0 Å². The van der Waals surface area contributed by atoms with Gasteiger partial charge in [0.05, 0.1) is 17.8 Å². The molecular formula is C17H21ClO2. The van der Waals surface area contributed by atoms with Crippen molar-refractivity contribution < 1.29 is 9.47 Å². The molecule has 3 heteroatoms. The number of aryl methyl sites for hydroxylation is 1. The van der Waals surface area contributed by atoms with Gasteiger partial charge >= 0.3 is 0 Å². The third-order valence-electron chi connectivity index (χ3n) is 3.32. The molecule has 0 aliphatic carbocycles. The van der Waals surface area contributed by atoms with Gasteiger partial charge in [0.1, 0.15) is 12.4 Å². The molecule has 1 heterocycles. The highest BCUT2D eigenvalue weighted by atomic mass is 35.5. The summed E-state index contributed by atoms with van der Waals surface area (Å²) >= 11 is 5.65. The summed E-state index contributed by atoms with van der Waals surface area (Å²) < 4.78 is 11.7. The summed E-state index contributed by atoms with van der Waals surface area (Å²) in [4.78, 5) is 0. The molecule has 1 aliphatic rings. The van der Waals surface area contributed by atoms with Crippen LogP contribution in [0.15, 0.2) is 18.2 Å². The largest absolute Gasteiger partial charge is 0.490 e. The molecule has 108 valence electrons. The van der Waals surface area contributed by atoms with E-state index in [4.69, 9.17) is 21.1 Å². The molecule has 0 saturated carbocycles. The van der Waals surface area contributed by atoms with E-state index >= 15 is 0 Å². The summed E-state index contributed by atoms with van der Waals surface area (Å²) in [5.41, 5.74) is 2.11. The monoisotopic (exact) mass is 292 g/mol. The zero-order valence-corrected chi connectivity index (χ0v) is 12.9. The first-order valence-corrected chi connectivity index (χ1v) is 7.66. The van der Waals surface area contributed by atoms with Gasteiger partial charge in [-0.3, -0.25) is 0 Å². The Morgan fingerprint density at radius 1 is 1.40 bits per heavy atom. The highest BCUT2D eigenvalue weighted by Crippen LogP contribution is 2.23. The molecule has 0 N–H and O–H groups in total. The third kappa shape index (κ3) is 4.44. The molecule has 2 rings (SSSR count). The van der Waals surface area contributed by atoms with E-state index in [0.717, 1.165) is 24.2 Å². The summed E-state index contributed by atoms with van der Waals surface area (Å²) in [6, 6.07) is 6.08. The molecule has 0 radical (unpaired) electrons. The fraction of sp³-hybridized carbons (Fsp3) is 0.529. The quantitative estimate of drug-likeness (QED) is 0.618. The summed E-state index contributed by atoms with van der Waals surface area (Å²) in [5, 5.41) is 0. The zero-order valence-electron chi connectivity index (χ0n) is 12.1. The average molecular weight is 293 g/mol. The lowest BCUT2D eigenvalue weighted by molar-refractivity contribution is 0.0264. The highest BCUT2D eigenvalue weighted by molar-refractivity contribution is 6.18. The van der Waals surface area contributed by atoms with Crippen LogP contribution in [0, 0.1) is 18.8 Å². The van der Waals surface area contributed by atoms with Crippen LogP contribution in [0.1, 0.15) is 37.3 Å². The minimum absolute atomic E-state index is 0.204. The second kappa shape index (κ2) is 7.57. The van der Waals surface area contributed by atoms with Crippen molar-refractivity contribution in [3.8, 4) is 17.6 Å². The van der Waals surface area contributed by atoms with Crippen molar-refractivity contribution in [2.75, 3.05) is 12.5 Å². The zero-order chi connectivity index (χ0) is 14.4. The Balaban J connectivity index is 2.01. The molecule has 0 amide bonds. The molecule has 2 nitrogen and oxygen atoms in total. The molecule has 1 fully saturated rings. The Morgan fingerprint density at radius 2 is 2.25 bits per heavy atom. The molecule has 1 aliphatic heterocycles. The van der Waals surface area contributed by atoms with E-state index in [1.54, 1.807) is 0 Å².